The van der Waals surface area contributed by atoms with E-state index >= 15 is 0 Å². The fourth-order valence-electron chi connectivity index (χ4n) is 1.67. The Bertz CT molecular complexity index is 489. The molecule has 14 heavy (non-hydrogen) atoms. The molecule has 72 valence electrons. The lowest BCUT2D eigenvalue weighted by Crippen LogP contribution is -1.79. The van der Waals surface area contributed by atoms with Crippen molar-refractivity contribution in [3.63, 3.8) is 0 Å². The predicted molar refractivity (Wildman–Crippen MR) is 62.4 cm³/mol. The number of hydrogen-bond acceptors (Lipinski definition) is 0. The number of aromatic amines is 1. The minimum atomic E-state index is 1.22. The van der Waals surface area contributed by atoms with Gasteiger partial charge in [0.25, 0.3) is 0 Å². The van der Waals surface area contributed by atoms with Gasteiger partial charge in [-0.2, -0.15) is 0 Å². The van der Waals surface area contributed by atoms with Crippen LogP contribution in [0.2, 0.25) is 0 Å². The molecule has 0 bridgehead atoms. The van der Waals surface area contributed by atoms with E-state index in [1.807, 2.05) is 0 Å². The Morgan fingerprint density at radius 1 is 1.36 bits per heavy atom. The summed E-state index contributed by atoms with van der Waals surface area (Å²) in [4.78, 5) is 3.25. The lowest BCUT2D eigenvalue weighted by Gasteiger charge is -2.01. The van der Waals surface area contributed by atoms with Crippen molar-refractivity contribution < 1.29 is 0 Å². The van der Waals surface area contributed by atoms with Crippen molar-refractivity contribution in [2.45, 2.75) is 20.8 Å². The van der Waals surface area contributed by atoms with Gasteiger partial charge < -0.3 is 4.98 Å². The van der Waals surface area contributed by atoms with Crippen LogP contribution in [0.15, 0.2) is 30.5 Å². The Morgan fingerprint density at radius 3 is 2.86 bits per heavy atom. The first kappa shape index (κ1) is 9.07. The van der Waals surface area contributed by atoms with E-state index in [0.29, 0.717) is 0 Å². The van der Waals surface area contributed by atoms with Crippen molar-refractivity contribution in [1.82, 2.24) is 4.98 Å². The molecule has 0 fully saturated rings. The number of allylic oxidation sites excluding steroid dienone is 2. The van der Waals surface area contributed by atoms with Crippen LogP contribution in [0.25, 0.3) is 16.5 Å². The lowest BCUT2D eigenvalue weighted by atomic mass is 10.0. The van der Waals surface area contributed by atoms with Gasteiger partial charge in [-0.05, 0) is 49.6 Å². The molecule has 0 atom stereocenters. The van der Waals surface area contributed by atoms with Gasteiger partial charge in [-0.15, -0.1) is 0 Å². The van der Waals surface area contributed by atoms with Crippen LogP contribution < -0.4 is 0 Å². The number of nitrogens with one attached hydrogen (secondary N) is 1. The summed E-state index contributed by atoms with van der Waals surface area (Å²) >= 11 is 0. The average Bonchev–Trinajstić information content (AvgIpc) is 2.59. The maximum Gasteiger partial charge on any atom is 0.0457 e. The van der Waals surface area contributed by atoms with Crippen LogP contribution in [-0.2, 0) is 0 Å². The van der Waals surface area contributed by atoms with Gasteiger partial charge in [0.1, 0.15) is 0 Å². The standard InChI is InChI=1S/C13H15N/c1-4-9(2)11-5-6-13-12(7-11)10(3)8-14-13/h4-8,14H,1-3H3/b9-4+. The van der Waals surface area contributed by atoms with Gasteiger partial charge in [0.15, 0.2) is 0 Å². The third-order valence-electron chi connectivity index (χ3n) is 2.78. The largest absolute Gasteiger partial charge is 0.361 e. The zero-order valence-corrected chi connectivity index (χ0v) is 8.89. The average molecular weight is 185 g/mol. The van der Waals surface area contributed by atoms with E-state index in [4.69, 9.17) is 0 Å². The quantitative estimate of drug-likeness (QED) is 0.693. The molecule has 0 radical (unpaired) electrons. The first-order valence-corrected chi connectivity index (χ1v) is 4.93. The van der Waals surface area contributed by atoms with E-state index in [-0.39, 0.29) is 0 Å². The van der Waals surface area contributed by atoms with Crippen LogP contribution in [0.3, 0.4) is 0 Å². The first-order valence-electron chi connectivity index (χ1n) is 4.93. The molecule has 0 aliphatic heterocycles. The summed E-state index contributed by atoms with van der Waals surface area (Å²) in [6.07, 6.45) is 4.20. The normalized spacial score (nSPS) is 12.4. The molecule has 1 aromatic heterocycles. The number of aryl methyl sites for hydroxylation is 1. The first-order chi connectivity index (χ1) is 6.72. The summed E-state index contributed by atoms with van der Waals surface area (Å²) < 4.78 is 0. The molecule has 0 unspecified atom stereocenters. The van der Waals surface area contributed by atoms with Gasteiger partial charge in [-0.25, -0.2) is 0 Å². The molecule has 0 aliphatic rings. The molecule has 2 rings (SSSR count). The predicted octanol–water partition coefficient (Wildman–Crippen LogP) is 3.90. The molecule has 2 aromatic rings. The maximum atomic E-state index is 3.25. The highest BCUT2D eigenvalue weighted by Gasteiger charge is 2.01. The maximum absolute atomic E-state index is 3.25. The van der Waals surface area contributed by atoms with Gasteiger partial charge in [0.05, 0.1) is 0 Å². The number of benzene rings is 1. The van der Waals surface area contributed by atoms with Gasteiger partial charge in [0.2, 0.25) is 0 Å². The Hall–Kier alpha value is -1.50. The van der Waals surface area contributed by atoms with Gasteiger partial charge in [0, 0.05) is 17.1 Å². The molecule has 0 saturated carbocycles. The van der Waals surface area contributed by atoms with Crippen LogP contribution in [0.5, 0.6) is 0 Å². The minimum absolute atomic E-state index is 1.22. The molecule has 0 amide bonds. The van der Waals surface area contributed by atoms with E-state index in [1.54, 1.807) is 0 Å². The van der Waals surface area contributed by atoms with E-state index in [2.05, 4.69) is 56.2 Å². The van der Waals surface area contributed by atoms with Crippen LogP contribution in [0, 0.1) is 6.92 Å². The van der Waals surface area contributed by atoms with Crippen LogP contribution >= 0.6 is 0 Å². The van der Waals surface area contributed by atoms with Crippen molar-refractivity contribution in [3.05, 3.63) is 41.6 Å². The molecule has 0 saturated heterocycles. The number of rotatable bonds is 1. The molecule has 0 aliphatic carbocycles. The van der Waals surface area contributed by atoms with Crippen LogP contribution in [-0.4, -0.2) is 4.98 Å². The topological polar surface area (TPSA) is 15.8 Å². The zero-order chi connectivity index (χ0) is 10.1. The van der Waals surface area contributed by atoms with E-state index in [1.165, 1.54) is 27.6 Å². The summed E-state index contributed by atoms with van der Waals surface area (Å²) in [5.41, 5.74) is 5.16. The van der Waals surface area contributed by atoms with Gasteiger partial charge in [-0.3, -0.25) is 0 Å². The molecule has 1 nitrogen and oxygen atoms in total. The van der Waals surface area contributed by atoms with E-state index in [9.17, 15) is 0 Å². The molecule has 1 aromatic carbocycles. The summed E-state index contributed by atoms with van der Waals surface area (Å²) in [6, 6.07) is 6.55. The summed E-state index contributed by atoms with van der Waals surface area (Å²) in [5.74, 6) is 0. The molecule has 1 N–H and O–H groups in total. The smallest absolute Gasteiger partial charge is 0.0457 e. The van der Waals surface area contributed by atoms with E-state index in [0.717, 1.165) is 0 Å². The molecule has 0 spiro atoms. The van der Waals surface area contributed by atoms with Crippen molar-refractivity contribution in [2.75, 3.05) is 0 Å². The fraction of sp³-hybridized carbons (Fsp3) is 0.231. The second kappa shape index (κ2) is 3.33. The van der Waals surface area contributed by atoms with E-state index < -0.39 is 0 Å². The molecule has 1 heteroatoms. The number of aromatic nitrogens is 1. The Balaban J connectivity index is 2.66. The number of hydrogen-bond donors (Lipinski definition) is 1. The fourth-order valence-corrected chi connectivity index (χ4v) is 1.67. The monoisotopic (exact) mass is 185 g/mol. The Labute approximate surface area is 84.5 Å². The minimum Gasteiger partial charge on any atom is -0.361 e. The Kier molecular flexibility index (Phi) is 2.16. The molecule has 1 heterocycles. The molecular formula is C13H15N. The SMILES string of the molecule is C/C=C(\C)c1ccc2[nH]cc(C)c2c1. The highest BCUT2D eigenvalue weighted by atomic mass is 14.7. The highest BCUT2D eigenvalue weighted by Crippen LogP contribution is 2.22. The van der Waals surface area contributed by atoms with Crippen molar-refractivity contribution >= 4 is 16.5 Å². The van der Waals surface area contributed by atoms with Crippen LogP contribution in [0.4, 0.5) is 0 Å². The van der Waals surface area contributed by atoms with Crippen LogP contribution in [0.1, 0.15) is 25.0 Å². The summed E-state index contributed by atoms with van der Waals surface area (Å²) in [6.45, 7) is 6.35. The van der Waals surface area contributed by atoms with Gasteiger partial charge >= 0.3 is 0 Å². The highest BCUT2D eigenvalue weighted by molar-refractivity contribution is 5.86. The summed E-state index contributed by atoms with van der Waals surface area (Å²) in [7, 11) is 0. The second-order valence-corrected chi connectivity index (χ2v) is 3.70. The lowest BCUT2D eigenvalue weighted by molar-refractivity contribution is 1.43. The zero-order valence-electron chi connectivity index (χ0n) is 8.89. The number of H-pyrrole nitrogens is 1. The van der Waals surface area contributed by atoms with Crippen molar-refractivity contribution in [3.8, 4) is 0 Å². The number of fused-ring (bicyclic) bond motifs is 1. The summed E-state index contributed by atoms with van der Waals surface area (Å²) in [5, 5.41) is 1.32. The Morgan fingerprint density at radius 2 is 2.14 bits per heavy atom. The third kappa shape index (κ3) is 1.35. The van der Waals surface area contributed by atoms with Crippen molar-refractivity contribution in [2.24, 2.45) is 0 Å². The molecular weight excluding hydrogens is 170 g/mol. The van der Waals surface area contributed by atoms with Gasteiger partial charge in [-0.1, -0.05) is 12.1 Å². The second-order valence-electron chi connectivity index (χ2n) is 3.70. The van der Waals surface area contributed by atoms with Crippen molar-refractivity contribution in [1.29, 1.82) is 0 Å². The third-order valence-corrected chi connectivity index (χ3v) is 2.78.